The van der Waals surface area contributed by atoms with Crippen molar-refractivity contribution in [1.82, 2.24) is 5.32 Å². The first kappa shape index (κ1) is 16.9. The van der Waals surface area contributed by atoms with Gasteiger partial charge in [0, 0.05) is 16.4 Å². The minimum Gasteiger partial charge on any atom is -0.423 e. The van der Waals surface area contributed by atoms with Gasteiger partial charge in [-0.2, -0.15) is 0 Å². The van der Waals surface area contributed by atoms with Gasteiger partial charge in [0.25, 0.3) is 0 Å². The lowest BCUT2D eigenvalue weighted by Gasteiger charge is -2.06. The molecule has 2 aromatic carbocycles. The number of fused-ring (bicyclic) bond motifs is 1. The summed E-state index contributed by atoms with van der Waals surface area (Å²) >= 11 is 3.29. The summed E-state index contributed by atoms with van der Waals surface area (Å²) in [6.45, 7) is 0.331. The van der Waals surface area contributed by atoms with Gasteiger partial charge in [-0.3, -0.25) is 4.79 Å². The van der Waals surface area contributed by atoms with Crippen LogP contribution in [0.1, 0.15) is 15.9 Å². The molecule has 0 atom stereocenters. The summed E-state index contributed by atoms with van der Waals surface area (Å²) in [5, 5.41) is 3.11. The third-order valence-corrected chi connectivity index (χ3v) is 3.96. The Hall–Kier alpha value is -2.93. The third-order valence-electron chi connectivity index (χ3n) is 3.43. The predicted molar refractivity (Wildman–Crippen MR) is 94.5 cm³/mol. The molecular formula is C18H12BrNO5. The maximum absolute atomic E-state index is 12.3. The monoisotopic (exact) mass is 401 g/mol. The molecule has 0 aliphatic rings. The number of amides is 1. The van der Waals surface area contributed by atoms with Gasteiger partial charge in [-0.25, -0.2) is 9.59 Å². The second-order valence-corrected chi connectivity index (χ2v) is 6.08. The van der Waals surface area contributed by atoms with E-state index in [4.69, 9.17) is 9.15 Å². The highest BCUT2D eigenvalue weighted by molar-refractivity contribution is 9.10. The number of benzene rings is 2. The van der Waals surface area contributed by atoms with E-state index in [9.17, 15) is 14.4 Å². The SMILES string of the molecule is O=CNCc1ccc2oc(=O)c(C(=O)Oc3ccc(Br)cc3)cc2c1. The average molecular weight is 402 g/mol. The first-order chi connectivity index (χ1) is 12.1. The van der Waals surface area contributed by atoms with E-state index in [1.807, 2.05) is 0 Å². The van der Waals surface area contributed by atoms with Crippen LogP contribution in [0.15, 0.2) is 62.2 Å². The van der Waals surface area contributed by atoms with Crippen molar-refractivity contribution in [2.24, 2.45) is 0 Å². The van der Waals surface area contributed by atoms with Crippen molar-refractivity contribution >= 4 is 39.3 Å². The van der Waals surface area contributed by atoms with Crippen LogP contribution in [0.3, 0.4) is 0 Å². The molecule has 0 saturated heterocycles. The summed E-state index contributed by atoms with van der Waals surface area (Å²) < 4.78 is 11.2. The zero-order valence-corrected chi connectivity index (χ0v) is 14.4. The molecule has 0 saturated carbocycles. The Balaban J connectivity index is 1.92. The first-order valence-electron chi connectivity index (χ1n) is 7.28. The molecule has 3 aromatic rings. The molecule has 0 aliphatic heterocycles. The predicted octanol–water partition coefficient (Wildman–Crippen LogP) is 3.02. The van der Waals surface area contributed by atoms with Crippen LogP contribution in [0, 0.1) is 0 Å². The summed E-state index contributed by atoms with van der Waals surface area (Å²) in [6, 6.07) is 13.1. The van der Waals surface area contributed by atoms with Crippen LogP contribution in [0.25, 0.3) is 11.0 Å². The molecule has 1 aromatic heterocycles. The van der Waals surface area contributed by atoms with Gasteiger partial charge in [0.05, 0.1) is 0 Å². The zero-order valence-electron chi connectivity index (χ0n) is 12.8. The standard InChI is InChI=1S/C18H12BrNO5/c19-13-2-4-14(5-3-13)24-17(22)15-8-12-7-11(9-20-10-21)1-6-16(12)25-18(15)23/h1-8,10H,9H2,(H,20,21). The van der Waals surface area contributed by atoms with Gasteiger partial charge < -0.3 is 14.5 Å². The number of ether oxygens (including phenoxy) is 1. The van der Waals surface area contributed by atoms with E-state index in [1.54, 1.807) is 42.5 Å². The number of halogens is 1. The number of rotatable bonds is 5. The largest absolute Gasteiger partial charge is 0.423 e. The molecule has 25 heavy (non-hydrogen) atoms. The summed E-state index contributed by atoms with van der Waals surface area (Å²) in [5.74, 6) is -0.481. The highest BCUT2D eigenvalue weighted by atomic mass is 79.9. The van der Waals surface area contributed by atoms with Crippen molar-refractivity contribution in [2.45, 2.75) is 6.54 Å². The molecule has 6 nitrogen and oxygen atoms in total. The molecule has 3 rings (SSSR count). The Kier molecular flexibility index (Phi) is 4.95. The van der Waals surface area contributed by atoms with Gasteiger partial charge >= 0.3 is 11.6 Å². The van der Waals surface area contributed by atoms with Crippen molar-refractivity contribution < 1.29 is 18.7 Å². The van der Waals surface area contributed by atoms with Crippen LogP contribution >= 0.6 is 15.9 Å². The molecule has 1 amide bonds. The Labute approximate surface area is 150 Å². The topological polar surface area (TPSA) is 85.6 Å². The van der Waals surface area contributed by atoms with Crippen LogP contribution < -0.4 is 15.7 Å². The second kappa shape index (κ2) is 7.31. The van der Waals surface area contributed by atoms with Gasteiger partial charge in [-0.05, 0) is 48.0 Å². The molecule has 0 unspecified atom stereocenters. The van der Waals surface area contributed by atoms with E-state index < -0.39 is 11.6 Å². The molecule has 0 radical (unpaired) electrons. The summed E-state index contributed by atoms with van der Waals surface area (Å²) in [5.41, 5.74) is 0.185. The lowest BCUT2D eigenvalue weighted by Crippen LogP contribution is -2.18. The number of hydrogen-bond donors (Lipinski definition) is 1. The van der Waals surface area contributed by atoms with Crippen LogP contribution in [-0.2, 0) is 11.3 Å². The molecule has 0 spiro atoms. The Morgan fingerprint density at radius 1 is 1.16 bits per heavy atom. The highest BCUT2D eigenvalue weighted by Crippen LogP contribution is 2.19. The fourth-order valence-corrected chi connectivity index (χ4v) is 2.51. The van der Waals surface area contributed by atoms with Crippen LogP contribution in [0.5, 0.6) is 5.75 Å². The maximum Gasteiger partial charge on any atom is 0.351 e. The molecule has 1 N–H and O–H groups in total. The van der Waals surface area contributed by atoms with Gasteiger partial charge in [-0.1, -0.05) is 22.0 Å². The minimum atomic E-state index is -0.797. The Bertz CT molecular complexity index is 995. The van der Waals surface area contributed by atoms with Crippen molar-refractivity contribution in [3.05, 3.63) is 74.6 Å². The minimum absolute atomic E-state index is 0.198. The van der Waals surface area contributed by atoms with Gasteiger partial charge in [0.15, 0.2) is 0 Å². The fraction of sp³-hybridized carbons (Fsp3) is 0.0556. The average Bonchev–Trinajstić information content (AvgIpc) is 2.61. The number of esters is 1. The second-order valence-electron chi connectivity index (χ2n) is 5.16. The van der Waals surface area contributed by atoms with Crippen molar-refractivity contribution in [3.63, 3.8) is 0 Å². The smallest absolute Gasteiger partial charge is 0.351 e. The summed E-state index contributed by atoms with van der Waals surface area (Å²) in [7, 11) is 0. The van der Waals surface area contributed by atoms with Gasteiger partial charge in [-0.15, -0.1) is 0 Å². The summed E-state index contributed by atoms with van der Waals surface area (Å²) in [6.07, 6.45) is 0.594. The first-order valence-corrected chi connectivity index (χ1v) is 8.07. The van der Waals surface area contributed by atoms with Gasteiger partial charge in [0.1, 0.15) is 16.9 Å². The van der Waals surface area contributed by atoms with E-state index in [0.717, 1.165) is 10.0 Å². The molecule has 0 aliphatic carbocycles. The van der Waals surface area contributed by atoms with Crippen molar-refractivity contribution in [1.29, 1.82) is 0 Å². The van der Waals surface area contributed by atoms with Crippen LogP contribution in [-0.4, -0.2) is 12.4 Å². The maximum atomic E-state index is 12.3. The number of carbonyl (C=O) groups is 2. The normalized spacial score (nSPS) is 10.4. The molecule has 7 heteroatoms. The fourth-order valence-electron chi connectivity index (χ4n) is 2.25. The number of carbonyl (C=O) groups excluding carboxylic acids is 2. The quantitative estimate of drug-likeness (QED) is 0.307. The number of nitrogens with one attached hydrogen (secondary N) is 1. The van der Waals surface area contributed by atoms with E-state index in [0.29, 0.717) is 29.7 Å². The van der Waals surface area contributed by atoms with Crippen LogP contribution in [0.4, 0.5) is 0 Å². The zero-order chi connectivity index (χ0) is 17.8. The Morgan fingerprint density at radius 3 is 2.64 bits per heavy atom. The lowest BCUT2D eigenvalue weighted by atomic mass is 10.1. The molecule has 1 heterocycles. The molecule has 0 bridgehead atoms. The highest BCUT2D eigenvalue weighted by Gasteiger charge is 2.16. The summed E-state index contributed by atoms with van der Waals surface area (Å²) in [4.78, 5) is 34.7. The van der Waals surface area contributed by atoms with Gasteiger partial charge in [0.2, 0.25) is 6.41 Å². The number of hydrogen-bond acceptors (Lipinski definition) is 5. The van der Waals surface area contributed by atoms with E-state index >= 15 is 0 Å². The molecular weight excluding hydrogens is 390 g/mol. The Morgan fingerprint density at radius 2 is 1.92 bits per heavy atom. The molecule has 126 valence electrons. The molecule has 0 fully saturated rings. The van der Waals surface area contributed by atoms with Crippen molar-refractivity contribution in [3.8, 4) is 5.75 Å². The van der Waals surface area contributed by atoms with Crippen LogP contribution in [0.2, 0.25) is 0 Å². The van der Waals surface area contributed by atoms with E-state index in [-0.39, 0.29) is 5.56 Å². The third kappa shape index (κ3) is 3.95. The van der Waals surface area contributed by atoms with Crippen molar-refractivity contribution in [2.75, 3.05) is 0 Å². The van der Waals surface area contributed by atoms with E-state index in [1.165, 1.54) is 6.07 Å². The van der Waals surface area contributed by atoms with E-state index in [2.05, 4.69) is 21.2 Å². The lowest BCUT2D eigenvalue weighted by molar-refractivity contribution is -0.109.